The molecule has 1 aromatic carbocycles. The highest BCUT2D eigenvalue weighted by Crippen LogP contribution is 2.28. The molecule has 0 radical (unpaired) electrons. The maximum atomic E-state index is 5.87. The molecule has 0 amide bonds. The van der Waals surface area contributed by atoms with E-state index in [0.29, 0.717) is 18.5 Å². The molecule has 18 heavy (non-hydrogen) atoms. The van der Waals surface area contributed by atoms with Crippen LogP contribution >= 0.6 is 0 Å². The summed E-state index contributed by atoms with van der Waals surface area (Å²) in [4.78, 5) is 0. The van der Waals surface area contributed by atoms with E-state index in [1.165, 1.54) is 24.0 Å². The smallest absolute Gasteiger partial charge is 0.0444 e. The van der Waals surface area contributed by atoms with E-state index >= 15 is 0 Å². The van der Waals surface area contributed by atoms with E-state index in [2.05, 4.69) is 43.4 Å². The van der Waals surface area contributed by atoms with Crippen molar-refractivity contribution in [1.29, 1.82) is 0 Å². The molecular weight excluding hydrogens is 220 g/mol. The summed E-state index contributed by atoms with van der Waals surface area (Å²) >= 11 is 0. The van der Waals surface area contributed by atoms with Crippen molar-refractivity contribution < 1.29 is 0 Å². The second-order valence-electron chi connectivity index (χ2n) is 5.98. The minimum Gasteiger partial charge on any atom is -0.329 e. The zero-order valence-corrected chi connectivity index (χ0v) is 11.7. The summed E-state index contributed by atoms with van der Waals surface area (Å²) in [6.07, 6.45) is 3.93. The lowest BCUT2D eigenvalue weighted by Gasteiger charge is -2.17. The van der Waals surface area contributed by atoms with Crippen molar-refractivity contribution in [2.45, 2.75) is 39.2 Å². The van der Waals surface area contributed by atoms with E-state index in [-0.39, 0.29) is 0 Å². The van der Waals surface area contributed by atoms with Gasteiger partial charge in [-0.25, -0.2) is 0 Å². The van der Waals surface area contributed by atoms with Crippen LogP contribution in [0.25, 0.3) is 0 Å². The molecular formula is C16H26N2. The molecule has 1 unspecified atom stereocenters. The summed E-state index contributed by atoms with van der Waals surface area (Å²) in [6, 6.07) is 9.27. The lowest BCUT2D eigenvalue weighted by molar-refractivity contribution is 0.522. The lowest BCUT2D eigenvalue weighted by atomic mass is 9.99. The summed E-state index contributed by atoms with van der Waals surface area (Å²) in [5.41, 5.74) is 8.62. The molecule has 1 fully saturated rings. The topological polar surface area (TPSA) is 38.0 Å². The maximum Gasteiger partial charge on any atom is 0.0444 e. The molecule has 0 spiro atoms. The fourth-order valence-corrected chi connectivity index (χ4v) is 2.33. The molecule has 0 bridgehead atoms. The molecule has 2 rings (SSSR count). The van der Waals surface area contributed by atoms with Crippen molar-refractivity contribution in [3.8, 4) is 0 Å². The van der Waals surface area contributed by atoms with Gasteiger partial charge in [-0.3, -0.25) is 0 Å². The summed E-state index contributed by atoms with van der Waals surface area (Å²) in [6.45, 7) is 6.31. The van der Waals surface area contributed by atoms with Crippen molar-refractivity contribution >= 4 is 0 Å². The molecule has 1 aliphatic carbocycles. The Balaban J connectivity index is 1.92. The van der Waals surface area contributed by atoms with Crippen LogP contribution < -0.4 is 11.1 Å². The summed E-state index contributed by atoms with van der Waals surface area (Å²) in [7, 11) is 0. The number of hydrogen-bond donors (Lipinski definition) is 2. The Bertz CT molecular complexity index is 352. The third-order valence-electron chi connectivity index (χ3n) is 3.61. The van der Waals surface area contributed by atoms with E-state index in [0.717, 1.165) is 18.9 Å². The average Bonchev–Trinajstić information content (AvgIpc) is 3.15. The van der Waals surface area contributed by atoms with Gasteiger partial charge in [0.05, 0.1) is 0 Å². The van der Waals surface area contributed by atoms with Gasteiger partial charge in [-0.15, -0.1) is 0 Å². The van der Waals surface area contributed by atoms with Gasteiger partial charge in [0.25, 0.3) is 0 Å². The third-order valence-corrected chi connectivity index (χ3v) is 3.61. The van der Waals surface area contributed by atoms with E-state index in [9.17, 15) is 0 Å². The molecule has 0 saturated heterocycles. The lowest BCUT2D eigenvalue weighted by Crippen LogP contribution is -2.29. The molecule has 1 atom stereocenters. The quantitative estimate of drug-likeness (QED) is 0.776. The number of nitrogens with two attached hydrogens (primary N) is 1. The van der Waals surface area contributed by atoms with Crippen molar-refractivity contribution in [2.24, 2.45) is 17.6 Å². The number of nitrogens with one attached hydrogen (secondary N) is 1. The molecule has 1 aromatic rings. The van der Waals surface area contributed by atoms with Crippen LogP contribution in [-0.4, -0.2) is 13.1 Å². The zero-order chi connectivity index (χ0) is 13.0. The molecule has 1 saturated carbocycles. The van der Waals surface area contributed by atoms with E-state index in [4.69, 9.17) is 5.73 Å². The van der Waals surface area contributed by atoms with Gasteiger partial charge in [-0.2, -0.15) is 0 Å². The van der Waals surface area contributed by atoms with E-state index in [1.807, 2.05) is 0 Å². The standard InChI is InChI=1S/C16H26N2/c1-12(2)9-13-5-7-15(8-6-13)16(10-17)18-11-14-3-4-14/h5-8,12,14,16,18H,3-4,9-11,17H2,1-2H3. The van der Waals surface area contributed by atoms with Crippen LogP contribution in [0.4, 0.5) is 0 Å². The molecule has 2 heteroatoms. The van der Waals surface area contributed by atoms with Gasteiger partial charge in [-0.05, 0) is 48.8 Å². The second-order valence-corrected chi connectivity index (χ2v) is 5.98. The summed E-state index contributed by atoms with van der Waals surface area (Å²) < 4.78 is 0. The highest BCUT2D eigenvalue weighted by atomic mass is 14.9. The SMILES string of the molecule is CC(C)Cc1ccc(C(CN)NCC2CC2)cc1. The second kappa shape index (κ2) is 6.35. The van der Waals surface area contributed by atoms with Crippen LogP contribution in [0.3, 0.4) is 0 Å². The Hall–Kier alpha value is -0.860. The first-order valence-corrected chi connectivity index (χ1v) is 7.21. The number of rotatable bonds is 7. The predicted molar refractivity (Wildman–Crippen MR) is 77.5 cm³/mol. The normalized spacial score (nSPS) is 17.1. The third kappa shape index (κ3) is 4.11. The Morgan fingerprint density at radius 3 is 2.39 bits per heavy atom. The summed E-state index contributed by atoms with van der Waals surface area (Å²) in [5.74, 6) is 1.62. The van der Waals surface area contributed by atoms with Crippen molar-refractivity contribution in [1.82, 2.24) is 5.32 Å². The Kier molecular flexibility index (Phi) is 4.79. The molecule has 1 aliphatic rings. The molecule has 100 valence electrons. The van der Waals surface area contributed by atoms with Crippen molar-refractivity contribution in [3.63, 3.8) is 0 Å². The van der Waals surface area contributed by atoms with Gasteiger partial charge in [0, 0.05) is 12.6 Å². The average molecular weight is 246 g/mol. The van der Waals surface area contributed by atoms with Crippen LogP contribution in [-0.2, 0) is 6.42 Å². The number of benzene rings is 1. The fourth-order valence-electron chi connectivity index (χ4n) is 2.33. The van der Waals surface area contributed by atoms with E-state index in [1.54, 1.807) is 0 Å². The van der Waals surface area contributed by atoms with Crippen LogP contribution in [0.15, 0.2) is 24.3 Å². The van der Waals surface area contributed by atoms with Gasteiger partial charge >= 0.3 is 0 Å². The van der Waals surface area contributed by atoms with Gasteiger partial charge < -0.3 is 11.1 Å². The first-order chi connectivity index (χ1) is 8.69. The minimum absolute atomic E-state index is 0.318. The first kappa shape index (κ1) is 13.6. The van der Waals surface area contributed by atoms with Gasteiger partial charge in [0.2, 0.25) is 0 Å². The monoisotopic (exact) mass is 246 g/mol. The maximum absolute atomic E-state index is 5.87. The van der Waals surface area contributed by atoms with Crippen molar-refractivity contribution in [2.75, 3.05) is 13.1 Å². The molecule has 3 N–H and O–H groups in total. The van der Waals surface area contributed by atoms with Crippen LogP contribution in [0.5, 0.6) is 0 Å². The fraction of sp³-hybridized carbons (Fsp3) is 0.625. The highest BCUT2D eigenvalue weighted by Gasteiger charge is 2.22. The highest BCUT2D eigenvalue weighted by molar-refractivity contribution is 5.25. The first-order valence-electron chi connectivity index (χ1n) is 7.21. The summed E-state index contributed by atoms with van der Waals surface area (Å²) in [5, 5.41) is 3.58. The largest absolute Gasteiger partial charge is 0.329 e. The Labute approximate surface area is 111 Å². The van der Waals surface area contributed by atoms with Crippen molar-refractivity contribution in [3.05, 3.63) is 35.4 Å². The van der Waals surface area contributed by atoms with Crippen LogP contribution in [0.2, 0.25) is 0 Å². The Morgan fingerprint density at radius 1 is 1.22 bits per heavy atom. The molecule has 0 heterocycles. The Morgan fingerprint density at radius 2 is 1.89 bits per heavy atom. The van der Waals surface area contributed by atoms with E-state index < -0.39 is 0 Å². The van der Waals surface area contributed by atoms with Crippen LogP contribution in [0.1, 0.15) is 43.9 Å². The molecule has 2 nitrogen and oxygen atoms in total. The minimum atomic E-state index is 0.318. The van der Waals surface area contributed by atoms with Gasteiger partial charge in [0.1, 0.15) is 0 Å². The molecule has 0 aromatic heterocycles. The van der Waals surface area contributed by atoms with Crippen LogP contribution in [0, 0.1) is 11.8 Å². The van der Waals surface area contributed by atoms with Gasteiger partial charge in [0.15, 0.2) is 0 Å². The number of hydrogen-bond acceptors (Lipinski definition) is 2. The van der Waals surface area contributed by atoms with Gasteiger partial charge in [-0.1, -0.05) is 38.1 Å². The zero-order valence-electron chi connectivity index (χ0n) is 11.7. The predicted octanol–water partition coefficient (Wildman–Crippen LogP) is 2.88. The molecule has 0 aliphatic heterocycles.